The van der Waals surface area contributed by atoms with Crippen molar-refractivity contribution in [2.24, 2.45) is 0 Å². The first-order valence-electron chi connectivity index (χ1n) is 7.41. The molecule has 2 rings (SSSR count). The second-order valence-electron chi connectivity index (χ2n) is 6.17. The fraction of sp³-hybridized carbons (Fsp3) is 0.529. The van der Waals surface area contributed by atoms with Crippen LogP contribution >= 0.6 is 0 Å². The third kappa shape index (κ3) is 3.84. The number of hydrogen-bond acceptors (Lipinski definition) is 2. The monoisotopic (exact) mass is 274 g/mol. The van der Waals surface area contributed by atoms with Gasteiger partial charge in [0.1, 0.15) is 0 Å². The third-order valence-electron chi connectivity index (χ3n) is 3.36. The fourth-order valence-corrected chi connectivity index (χ4v) is 2.32. The molecule has 0 bridgehead atoms. The Bertz CT molecular complexity index is 552. The highest BCUT2D eigenvalue weighted by Crippen LogP contribution is 2.21. The largest absolute Gasteiger partial charge is 0.380 e. The van der Waals surface area contributed by atoms with Gasteiger partial charge in [-0.3, -0.25) is 0 Å². The van der Waals surface area contributed by atoms with E-state index in [1.807, 2.05) is 6.92 Å². The van der Waals surface area contributed by atoms with E-state index in [0.29, 0.717) is 0 Å². The number of para-hydroxylation sites is 1. The Morgan fingerprint density at radius 3 is 2.65 bits per heavy atom. The van der Waals surface area contributed by atoms with Crippen molar-refractivity contribution >= 4 is 10.9 Å². The molecule has 3 heteroatoms. The van der Waals surface area contributed by atoms with Crippen molar-refractivity contribution < 1.29 is 4.74 Å². The zero-order chi connectivity index (χ0) is 14.6. The van der Waals surface area contributed by atoms with E-state index < -0.39 is 0 Å². The van der Waals surface area contributed by atoms with Crippen LogP contribution in [0.1, 0.15) is 33.3 Å². The maximum Gasteiger partial charge on any atom is 0.0645 e. The molecule has 2 aromatic rings. The van der Waals surface area contributed by atoms with E-state index >= 15 is 0 Å². The zero-order valence-electron chi connectivity index (χ0n) is 13.1. The first-order chi connectivity index (χ1) is 9.51. The van der Waals surface area contributed by atoms with Crippen molar-refractivity contribution in [3.63, 3.8) is 0 Å². The van der Waals surface area contributed by atoms with Gasteiger partial charge < -0.3 is 14.6 Å². The number of benzene rings is 1. The van der Waals surface area contributed by atoms with Crippen LogP contribution in [-0.4, -0.2) is 23.3 Å². The number of rotatable bonds is 6. The van der Waals surface area contributed by atoms with Crippen LogP contribution in [-0.2, 0) is 17.8 Å². The highest BCUT2D eigenvalue weighted by molar-refractivity contribution is 5.83. The molecule has 3 nitrogen and oxygen atoms in total. The molecule has 20 heavy (non-hydrogen) atoms. The molecule has 0 aliphatic carbocycles. The second kappa shape index (κ2) is 6.42. The Morgan fingerprint density at radius 2 is 1.95 bits per heavy atom. The molecular formula is C17H26N2O. The van der Waals surface area contributed by atoms with Crippen LogP contribution in [0.15, 0.2) is 30.5 Å². The van der Waals surface area contributed by atoms with Gasteiger partial charge in [0.05, 0.1) is 6.61 Å². The summed E-state index contributed by atoms with van der Waals surface area (Å²) in [5, 5.41) is 4.90. The summed E-state index contributed by atoms with van der Waals surface area (Å²) in [7, 11) is 0. The summed E-state index contributed by atoms with van der Waals surface area (Å²) >= 11 is 0. The third-order valence-corrected chi connectivity index (χ3v) is 3.36. The Morgan fingerprint density at radius 1 is 1.20 bits per heavy atom. The van der Waals surface area contributed by atoms with Gasteiger partial charge in [-0.05, 0) is 39.3 Å². The topological polar surface area (TPSA) is 26.2 Å². The van der Waals surface area contributed by atoms with Crippen molar-refractivity contribution in [2.45, 2.75) is 46.3 Å². The van der Waals surface area contributed by atoms with E-state index in [2.05, 4.69) is 61.1 Å². The summed E-state index contributed by atoms with van der Waals surface area (Å²) in [4.78, 5) is 0. The van der Waals surface area contributed by atoms with Crippen LogP contribution in [0.5, 0.6) is 0 Å². The lowest BCUT2D eigenvalue weighted by atomic mass is 10.1. The minimum atomic E-state index is 0.133. The van der Waals surface area contributed by atoms with Crippen LogP contribution in [0.2, 0.25) is 0 Å². The van der Waals surface area contributed by atoms with Crippen LogP contribution in [0.4, 0.5) is 0 Å². The molecule has 0 atom stereocenters. The number of fused-ring (bicyclic) bond motifs is 1. The van der Waals surface area contributed by atoms with Gasteiger partial charge in [-0.1, -0.05) is 18.2 Å². The summed E-state index contributed by atoms with van der Waals surface area (Å²) in [6.07, 6.45) is 2.25. The smallest absolute Gasteiger partial charge is 0.0645 e. The molecule has 1 aromatic heterocycles. The van der Waals surface area contributed by atoms with Crippen LogP contribution in [0, 0.1) is 0 Å². The molecule has 1 aromatic carbocycles. The maximum absolute atomic E-state index is 5.47. The summed E-state index contributed by atoms with van der Waals surface area (Å²) in [5.74, 6) is 0. The molecule has 0 unspecified atom stereocenters. The standard InChI is InChI=1S/C17H26N2O/c1-5-20-11-10-19-13-14(12-18-17(2,3)4)15-8-6-7-9-16(15)19/h6-9,13,18H,5,10-12H2,1-4H3. The zero-order valence-corrected chi connectivity index (χ0v) is 13.1. The SMILES string of the molecule is CCOCCn1cc(CNC(C)(C)C)c2ccccc21. The van der Waals surface area contributed by atoms with Gasteiger partial charge in [-0.25, -0.2) is 0 Å². The van der Waals surface area contributed by atoms with Gasteiger partial charge in [0.15, 0.2) is 0 Å². The van der Waals surface area contributed by atoms with E-state index in [-0.39, 0.29) is 5.54 Å². The highest BCUT2D eigenvalue weighted by atomic mass is 16.5. The number of nitrogens with zero attached hydrogens (tertiary/aromatic N) is 1. The lowest BCUT2D eigenvalue weighted by Crippen LogP contribution is -2.34. The van der Waals surface area contributed by atoms with E-state index in [1.165, 1.54) is 16.5 Å². The Balaban J connectivity index is 2.21. The summed E-state index contributed by atoms with van der Waals surface area (Å²) in [6.45, 7) is 12.0. The molecule has 1 N–H and O–H groups in total. The van der Waals surface area contributed by atoms with Gasteiger partial charge >= 0.3 is 0 Å². The number of ether oxygens (including phenoxy) is 1. The summed E-state index contributed by atoms with van der Waals surface area (Å²) < 4.78 is 7.77. The molecular weight excluding hydrogens is 248 g/mol. The van der Waals surface area contributed by atoms with E-state index in [4.69, 9.17) is 4.74 Å². The van der Waals surface area contributed by atoms with Gasteiger partial charge in [-0.15, -0.1) is 0 Å². The van der Waals surface area contributed by atoms with Crippen molar-refractivity contribution in [3.8, 4) is 0 Å². The van der Waals surface area contributed by atoms with Gasteiger partial charge in [0.2, 0.25) is 0 Å². The first kappa shape index (κ1) is 15.1. The lowest BCUT2D eigenvalue weighted by molar-refractivity contribution is 0.140. The van der Waals surface area contributed by atoms with Crippen molar-refractivity contribution in [3.05, 3.63) is 36.0 Å². The van der Waals surface area contributed by atoms with Crippen molar-refractivity contribution in [2.75, 3.05) is 13.2 Å². The van der Waals surface area contributed by atoms with E-state index in [1.54, 1.807) is 0 Å². The Kier molecular flexibility index (Phi) is 4.84. The number of nitrogens with one attached hydrogen (secondary N) is 1. The molecule has 0 radical (unpaired) electrons. The van der Waals surface area contributed by atoms with Gasteiger partial charge in [-0.2, -0.15) is 0 Å². The number of hydrogen-bond donors (Lipinski definition) is 1. The Labute approximate surface area is 121 Å². The summed E-state index contributed by atoms with van der Waals surface area (Å²) in [6, 6.07) is 8.59. The minimum Gasteiger partial charge on any atom is -0.380 e. The predicted molar refractivity (Wildman–Crippen MR) is 85.0 cm³/mol. The van der Waals surface area contributed by atoms with Crippen LogP contribution in [0.3, 0.4) is 0 Å². The quantitative estimate of drug-likeness (QED) is 0.815. The fourth-order valence-electron chi connectivity index (χ4n) is 2.32. The van der Waals surface area contributed by atoms with Crippen LogP contribution < -0.4 is 5.32 Å². The molecule has 0 fully saturated rings. The highest BCUT2D eigenvalue weighted by Gasteiger charge is 2.12. The predicted octanol–water partition coefficient (Wildman–Crippen LogP) is 3.57. The van der Waals surface area contributed by atoms with Crippen molar-refractivity contribution in [1.29, 1.82) is 0 Å². The molecule has 0 amide bonds. The molecule has 0 saturated heterocycles. The second-order valence-corrected chi connectivity index (χ2v) is 6.17. The minimum absolute atomic E-state index is 0.133. The maximum atomic E-state index is 5.47. The Hall–Kier alpha value is -1.32. The van der Waals surface area contributed by atoms with Gasteiger partial charge in [0, 0.05) is 42.3 Å². The van der Waals surface area contributed by atoms with E-state index in [9.17, 15) is 0 Å². The molecule has 1 heterocycles. The van der Waals surface area contributed by atoms with Crippen LogP contribution in [0.25, 0.3) is 10.9 Å². The van der Waals surface area contributed by atoms with Crippen molar-refractivity contribution in [1.82, 2.24) is 9.88 Å². The van der Waals surface area contributed by atoms with E-state index in [0.717, 1.165) is 26.3 Å². The normalized spacial score (nSPS) is 12.2. The molecule has 0 aliphatic heterocycles. The molecule has 0 saturated carbocycles. The molecule has 110 valence electrons. The number of aromatic nitrogens is 1. The average molecular weight is 274 g/mol. The molecule has 0 aliphatic rings. The first-order valence-corrected chi connectivity index (χ1v) is 7.41. The molecule has 0 spiro atoms. The summed E-state index contributed by atoms with van der Waals surface area (Å²) in [5.41, 5.74) is 2.78. The lowest BCUT2D eigenvalue weighted by Gasteiger charge is -2.20. The van der Waals surface area contributed by atoms with Gasteiger partial charge in [0.25, 0.3) is 0 Å². The average Bonchev–Trinajstić information content (AvgIpc) is 2.75.